The highest BCUT2D eigenvalue weighted by molar-refractivity contribution is 5.79. The van der Waals surface area contributed by atoms with Crippen LogP contribution in [0.5, 0.6) is 0 Å². The third-order valence-electron chi connectivity index (χ3n) is 0.989. The highest BCUT2D eigenvalue weighted by atomic mass is 16.5. The average molecular weight is 116 g/mol. The van der Waals surface area contributed by atoms with E-state index in [0.717, 1.165) is 0 Å². The zero-order chi connectivity index (χ0) is 6.57. The molecule has 0 bridgehead atoms. The van der Waals surface area contributed by atoms with Gasteiger partial charge in [0.1, 0.15) is 6.10 Å². The molecule has 0 N–H and O–H groups in total. The van der Waals surface area contributed by atoms with Crippen LogP contribution in [0.3, 0.4) is 0 Å². The van der Waals surface area contributed by atoms with Crippen LogP contribution in [-0.2, 0) is 9.53 Å². The van der Waals surface area contributed by atoms with Gasteiger partial charge in [-0.3, -0.25) is 4.79 Å². The van der Waals surface area contributed by atoms with Crippen molar-refractivity contribution >= 4 is 5.78 Å². The van der Waals surface area contributed by atoms with Crippen LogP contribution in [0.4, 0.5) is 0 Å². The number of Topliss-reactive ketones (excluding diaryl/α,β-unsaturated/α-hetero) is 1. The first-order valence-corrected chi connectivity index (χ1v) is 2.80. The van der Waals surface area contributed by atoms with E-state index in [1.807, 2.05) is 6.92 Å². The lowest BCUT2D eigenvalue weighted by Crippen LogP contribution is -2.16. The van der Waals surface area contributed by atoms with E-state index < -0.39 is 0 Å². The minimum atomic E-state index is -0.222. The van der Waals surface area contributed by atoms with Crippen LogP contribution in [0.2, 0.25) is 0 Å². The predicted octanol–water partition coefficient (Wildman–Crippen LogP) is 1.00. The Morgan fingerprint density at radius 1 is 1.75 bits per heavy atom. The molecule has 8 heavy (non-hydrogen) atoms. The van der Waals surface area contributed by atoms with E-state index in [1.165, 1.54) is 6.92 Å². The van der Waals surface area contributed by atoms with E-state index in [4.69, 9.17) is 4.74 Å². The molecule has 0 radical (unpaired) electrons. The maximum Gasteiger partial charge on any atom is 0.158 e. The van der Waals surface area contributed by atoms with Crippen molar-refractivity contribution in [3.05, 3.63) is 0 Å². The van der Waals surface area contributed by atoms with E-state index in [-0.39, 0.29) is 11.9 Å². The molecule has 48 valence electrons. The zero-order valence-corrected chi connectivity index (χ0v) is 5.60. The SMILES string of the molecule is CCOC(C)C(C)=O. The lowest BCUT2D eigenvalue weighted by Gasteiger charge is -2.04. The lowest BCUT2D eigenvalue weighted by atomic mass is 10.3. The summed E-state index contributed by atoms with van der Waals surface area (Å²) in [6, 6.07) is 0. The van der Waals surface area contributed by atoms with Gasteiger partial charge in [0.15, 0.2) is 5.78 Å². The fourth-order valence-corrected chi connectivity index (χ4v) is 0.367. The summed E-state index contributed by atoms with van der Waals surface area (Å²) >= 11 is 0. The molecular weight excluding hydrogens is 104 g/mol. The van der Waals surface area contributed by atoms with Gasteiger partial charge in [0.25, 0.3) is 0 Å². The van der Waals surface area contributed by atoms with Gasteiger partial charge in [0.05, 0.1) is 0 Å². The van der Waals surface area contributed by atoms with E-state index in [9.17, 15) is 4.79 Å². The fourth-order valence-electron chi connectivity index (χ4n) is 0.367. The van der Waals surface area contributed by atoms with Gasteiger partial charge < -0.3 is 4.74 Å². The summed E-state index contributed by atoms with van der Waals surface area (Å²) in [6.45, 7) is 5.77. The summed E-state index contributed by atoms with van der Waals surface area (Å²) in [5, 5.41) is 0. The number of hydrogen-bond donors (Lipinski definition) is 0. The molecule has 0 aliphatic heterocycles. The molecule has 0 saturated carbocycles. The summed E-state index contributed by atoms with van der Waals surface area (Å²) in [5.41, 5.74) is 0. The van der Waals surface area contributed by atoms with Crippen LogP contribution in [-0.4, -0.2) is 18.5 Å². The smallest absolute Gasteiger partial charge is 0.158 e. The molecule has 0 fully saturated rings. The Bertz CT molecular complexity index is 78.6. The summed E-state index contributed by atoms with van der Waals surface area (Å²) in [5.74, 6) is 0.0897. The summed E-state index contributed by atoms with van der Waals surface area (Å²) < 4.78 is 4.95. The van der Waals surface area contributed by atoms with Gasteiger partial charge in [0.2, 0.25) is 0 Å². The third-order valence-corrected chi connectivity index (χ3v) is 0.989. The van der Waals surface area contributed by atoms with Crippen LogP contribution >= 0.6 is 0 Å². The minimum Gasteiger partial charge on any atom is -0.371 e. The lowest BCUT2D eigenvalue weighted by molar-refractivity contribution is -0.126. The summed E-state index contributed by atoms with van der Waals surface area (Å²) in [7, 11) is 0. The average Bonchev–Trinajstić information content (AvgIpc) is 1.67. The quantitative estimate of drug-likeness (QED) is 0.550. The molecule has 0 saturated heterocycles. The summed E-state index contributed by atoms with van der Waals surface area (Å²) in [4.78, 5) is 10.4. The van der Waals surface area contributed by atoms with Crippen LogP contribution < -0.4 is 0 Å². The molecule has 1 unspecified atom stereocenters. The molecule has 0 amide bonds. The number of rotatable bonds is 3. The Labute approximate surface area is 49.8 Å². The molecule has 0 rings (SSSR count). The van der Waals surface area contributed by atoms with Crippen molar-refractivity contribution in [2.45, 2.75) is 26.9 Å². The normalized spacial score (nSPS) is 13.4. The number of carbonyl (C=O) groups excluding carboxylic acids is 1. The van der Waals surface area contributed by atoms with Crippen molar-refractivity contribution < 1.29 is 9.53 Å². The standard InChI is InChI=1S/C6H12O2/c1-4-8-6(3)5(2)7/h6H,4H2,1-3H3. The first-order valence-electron chi connectivity index (χ1n) is 2.80. The van der Waals surface area contributed by atoms with Crippen LogP contribution in [0, 0.1) is 0 Å². The van der Waals surface area contributed by atoms with E-state index >= 15 is 0 Å². The van der Waals surface area contributed by atoms with Gasteiger partial charge >= 0.3 is 0 Å². The molecule has 0 spiro atoms. The van der Waals surface area contributed by atoms with E-state index in [1.54, 1.807) is 6.92 Å². The minimum absolute atomic E-state index is 0.0897. The van der Waals surface area contributed by atoms with Gasteiger partial charge in [-0.1, -0.05) is 0 Å². The van der Waals surface area contributed by atoms with Crippen molar-refractivity contribution in [1.29, 1.82) is 0 Å². The fraction of sp³-hybridized carbons (Fsp3) is 0.833. The zero-order valence-electron chi connectivity index (χ0n) is 5.60. The Balaban J connectivity index is 3.32. The Kier molecular flexibility index (Phi) is 3.44. The molecule has 0 heterocycles. The molecule has 2 heteroatoms. The molecule has 2 nitrogen and oxygen atoms in total. The maximum absolute atomic E-state index is 10.4. The Hall–Kier alpha value is -0.370. The van der Waals surface area contributed by atoms with Crippen molar-refractivity contribution in [2.75, 3.05) is 6.61 Å². The highest BCUT2D eigenvalue weighted by Gasteiger charge is 2.03. The number of carbonyl (C=O) groups is 1. The van der Waals surface area contributed by atoms with Gasteiger partial charge in [-0.25, -0.2) is 0 Å². The van der Waals surface area contributed by atoms with Crippen molar-refractivity contribution in [3.8, 4) is 0 Å². The van der Waals surface area contributed by atoms with Crippen LogP contribution in [0.1, 0.15) is 20.8 Å². The third kappa shape index (κ3) is 2.75. The number of ether oxygens (including phenoxy) is 1. The van der Waals surface area contributed by atoms with Crippen molar-refractivity contribution in [3.63, 3.8) is 0 Å². The van der Waals surface area contributed by atoms with Gasteiger partial charge in [-0.05, 0) is 20.8 Å². The first-order chi connectivity index (χ1) is 3.68. The molecule has 0 aromatic rings. The van der Waals surface area contributed by atoms with Gasteiger partial charge in [0, 0.05) is 6.61 Å². The topological polar surface area (TPSA) is 26.3 Å². The van der Waals surface area contributed by atoms with Crippen LogP contribution in [0.15, 0.2) is 0 Å². The number of hydrogen-bond acceptors (Lipinski definition) is 2. The van der Waals surface area contributed by atoms with E-state index in [2.05, 4.69) is 0 Å². The number of ketones is 1. The Morgan fingerprint density at radius 2 is 2.25 bits per heavy atom. The molecule has 0 aromatic carbocycles. The second-order valence-corrected chi connectivity index (χ2v) is 1.71. The largest absolute Gasteiger partial charge is 0.371 e. The molecular formula is C6H12O2. The maximum atomic E-state index is 10.4. The van der Waals surface area contributed by atoms with Gasteiger partial charge in [-0.2, -0.15) is 0 Å². The first kappa shape index (κ1) is 7.63. The monoisotopic (exact) mass is 116 g/mol. The van der Waals surface area contributed by atoms with Gasteiger partial charge in [-0.15, -0.1) is 0 Å². The molecule has 0 aliphatic carbocycles. The van der Waals surface area contributed by atoms with E-state index in [0.29, 0.717) is 6.61 Å². The highest BCUT2D eigenvalue weighted by Crippen LogP contribution is 1.89. The van der Waals surface area contributed by atoms with Crippen LogP contribution in [0.25, 0.3) is 0 Å². The molecule has 0 aliphatic rings. The Morgan fingerprint density at radius 3 is 2.38 bits per heavy atom. The second kappa shape index (κ2) is 3.61. The predicted molar refractivity (Wildman–Crippen MR) is 31.8 cm³/mol. The van der Waals surface area contributed by atoms with Crippen molar-refractivity contribution in [1.82, 2.24) is 0 Å². The summed E-state index contributed by atoms with van der Waals surface area (Å²) in [6.07, 6.45) is -0.222. The second-order valence-electron chi connectivity index (χ2n) is 1.71. The molecule has 1 atom stereocenters. The molecule has 0 aromatic heterocycles. The van der Waals surface area contributed by atoms with Crippen molar-refractivity contribution in [2.24, 2.45) is 0 Å².